The lowest BCUT2D eigenvalue weighted by Crippen LogP contribution is -2.40. The SMILES string of the molecule is CC1CCC(CNCC(C)N(C)C2CC2)CC1. The van der Waals surface area contributed by atoms with Crippen LogP contribution in [0.2, 0.25) is 0 Å². The van der Waals surface area contributed by atoms with Crippen molar-refractivity contribution in [3.63, 3.8) is 0 Å². The second-order valence-corrected chi connectivity index (χ2v) is 6.53. The first-order valence-corrected chi connectivity index (χ1v) is 7.59. The van der Waals surface area contributed by atoms with Gasteiger partial charge in [0.15, 0.2) is 0 Å². The summed E-state index contributed by atoms with van der Waals surface area (Å²) in [5.74, 6) is 1.93. The molecule has 1 atom stereocenters. The summed E-state index contributed by atoms with van der Waals surface area (Å²) in [6.07, 6.45) is 8.62. The number of likely N-dealkylation sites (N-methyl/N-ethyl adjacent to an activating group) is 1. The average Bonchev–Trinajstić information content (AvgIpc) is 3.14. The van der Waals surface area contributed by atoms with E-state index in [4.69, 9.17) is 0 Å². The Kier molecular flexibility index (Phi) is 4.87. The van der Waals surface area contributed by atoms with Gasteiger partial charge >= 0.3 is 0 Å². The first-order chi connectivity index (χ1) is 8.16. The van der Waals surface area contributed by atoms with Gasteiger partial charge < -0.3 is 5.32 Å². The van der Waals surface area contributed by atoms with Crippen LogP contribution in [0, 0.1) is 11.8 Å². The first-order valence-electron chi connectivity index (χ1n) is 7.59. The van der Waals surface area contributed by atoms with E-state index in [-0.39, 0.29) is 0 Å². The normalized spacial score (nSPS) is 31.8. The lowest BCUT2D eigenvalue weighted by Gasteiger charge is -2.28. The van der Waals surface area contributed by atoms with Crippen molar-refractivity contribution in [2.75, 3.05) is 20.1 Å². The van der Waals surface area contributed by atoms with Crippen LogP contribution in [0.1, 0.15) is 52.4 Å². The number of hydrogen-bond donors (Lipinski definition) is 1. The Morgan fingerprint density at radius 2 is 1.76 bits per heavy atom. The molecule has 2 saturated carbocycles. The van der Waals surface area contributed by atoms with Gasteiger partial charge in [-0.2, -0.15) is 0 Å². The number of hydrogen-bond acceptors (Lipinski definition) is 2. The molecule has 100 valence electrons. The highest BCUT2D eigenvalue weighted by atomic mass is 15.2. The fourth-order valence-corrected chi connectivity index (χ4v) is 3.02. The molecule has 2 rings (SSSR count). The number of rotatable bonds is 6. The van der Waals surface area contributed by atoms with E-state index in [1.807, 2.05) is 0 Å². The van der Waals surface area contributed by atoms with E-state index < -0.39 is 0 Å². The zero-order valence-electron chi connectivity index (χ0n) is 11.9. The topological polar surface area (TPSA) is 15.3 Å². The second-order valence-electron chi connectivity index (χ2n) is 6.53. The molecule has 2 heteroatoms. The largest absolute Gasteiger partial charge is 0.315 e. The summed E-state index contributed by atoms with van der Waals surface area (Å²) in [5.41, 5.74) is 0. The molecule has 0 aromatic rings. The van der Waals surface area contributed by atoms with Gasteiger partial charge in [-0.05, 0) is 58.0 Å². The van der Waals surface area contributed by atoms with Gasteiger partial charge in [0.25, 0.3) is 0 Å². The highest BCUT2D eigenvalue weighted by Gasteiger charge is 2.28. The Hall–Kier alpha value is -0.0800. The molecule has 0 aromatic carbocycles. The van der Waals surface area contributed by atoms with Crippen LogP contribution in [0.15, 0.2) is 0 Å². The standard InChI is InChI=1S/C15H30N2/c1-12-4-6-14(7-5-12)11-16-10-13(2)17(3)15-8-9-15/h12-16H,4-11H2,1-3H3. The smallest absolute Gasteiger partial charge is 0.0192 e. The van der Waals surface area contributed by atoms with Crippen LogP contribution in [0.5, 0.6) is 0 Å². The first kappa shape index (κ1) is 13.4. The van der Waals surface area contributed by atoms with E-state index >= 15 is 0 Å². The monoisotopic (exact) mass is 238 g/mol. The van der Waals surface area contributed by atoms with Gasteiger partial charge in [0.1, 0.15) is 0 Å². The summed E-state index contributed by atoms with van der Waals surface area (Å²) in [6.45, 7) is 7.17. The van der Waals surface area contributed by atoms with Crippen molar-refractivity contribution in [1.29, 1.82) is 0 Å². The summed E-state index contributed by atoms with van der Waals surface area (Å²) in [6, 6.07) is 1.59. The maximum atomic E-state index is 3.69. The molecule has 0 heterocycles. The molecular formula is C15H30N2. The fourth-order valence-electron chi connectivity index (χ4n) is 3.02. The molecule has 0 bridgehead atoms. The predicted octanol–water partition coefficient (Wildman–Crippen LogP) is 2.89. The minimum Gasteiger partial charge on any atom is -0.315 e. The molecule has 0 saturated heterocycles. The zero-order chi connectivity index (χ0) is 12.3. The lowest BCUT2D eigenvalue weighted by molar-refractivity contribution is 0.229. The fraction of sp³-hybridized carbons (Fsp3) is 1.00. The summed E-state index contributed by atoms with van der Waals surface area (Å²) in [5, 5.41) is 3.69. The molecule has 2 aliphatic carbocycles. The molecule has 2 aliphatic rings. The number of nitrogens with zero attached hydrogens (tertiary/aromatic N) is 1. The van der Waals surface area contributed by atoms with Crippen molar-refractivity contribution in [1.82, 2.24) is 10.2 Å². The molecule has 0 spiro atoms. The minimum absolute atomic E-state index is 0.699. The molecule has 2 fully saturated rings. The molecule has 1 unspecified atom stereocenters. The van der Waals surface area contributed by atoms with Crippen molar-refractivity contribution in [3.8, 4) is 0 Å². The van der Waals surface area contributed by atoms with Crippen LogP contribution < -0.4 is 5.32 Å². The summed E-state index contributed by atoms with van der Waals surface area (Å²) in [7, 11) is 2.28. The third-order valence-electron chi connectivity index (χ3n) is 4.83. The van der Waals surface area contributed by atoms with Crippen molar-refractivity contribution in [2.45, 2.75) is 64.5 Å². The zero-order valence-corrected chi connectivity index (χ0v) is 11.9. The minimum atomic E-state index is 0.699. The van der Waals surface area contributed by atoms with Crippen molar-refractivity contribution in [2.24, 2.45) is 11.8 Å². The molecule has 0 amide bonds. The van der Waals surface area contributed by atoms with Crippen LogP contribution in [-0.2, 0) is 0 Å². The Labute approximate surface area is 107 Å². The van der Waals surface area contributed by atoms with Crippen molar-refractivity contribution < 1.29 is 0 Å². The third kappa shape index (κ3) is 4.26. The van der Waals surface area contributed by atoms with Gasteiger partial charge in [-0.25, -0.2) is 0 Å². The molecule has 0 aromatic heterocycles. The predicted molar refractivity (Wildman–Crippen MR) is 74.2 cm³/mol. The maximum Gasteiger partial charge on any atom is 0.0192 e. The van der Waals surface area contributed by atoms with Gasteiger partial charge in [-0.1, -0.05) is 19.8 Å². The Morgan fingerprint density at radius 1 is 1.12 bits per heavy atom. The van der Waals surface area contributed by atoms with Crippen LogP contribution >= 0.6 is 0 Å². The molecular weight excluding hydrogens is 208 g/mol. The Bertz CT molecular complexity index is 217. The Morgan fingerprint density at radius 3 is 2.35 bits per heavy atom. The van der Waals surface area contributed by atoms with E-state index in [0.29, 0.717) is 6.04 Å². The molecule has 0 radical (unpaired) electrons. The van der Waals surface area contributed by atoms with Gasteiger partial charge in [0.2, 0.25) is 0 Å². The van der Waals surface area contributed by atoms with E-state index in [2.05, 4.69) is 31.1 Å². The Balaban J connectivity index is 1.55. The van der Waals surface area contributed by atoms with Gasteiger partial charge in [-0.3, -0.25) is 4.90 Å². The second kappa shape index (κ2) is 6.19. The number of nitrogens with one attached hydrogen (secondary N) is 1. The highest BCUT2D eigenvalue weighted by Crippen LogP contribution is 2.28. The van der Waals surface area contributed by atoms with Crippen LogP contribution in [-0.4, -0.2) is 37.1 Å². The van der Waals surface area contributed by atoms with Crippen LogP contribution in [0.25, 0.3) is 0 Å². The quantitative estimate of drug-likeness (QED) is 0.765. The van der Waals surface area contributed by atoms with E-state index in [1.165, 1.54) is 51.6 Å². The summed E-state index contributed by atoms with van der Waals surface area (Å²) in [4.78, 5) is 2.55. The summed E-state index contributed by atoms with van der Waals surface area (Å²) < 4.78 is 0. The maximum absolute atomic E-state index is 3.69. The van der Waals surface area contributed by atoms with Gasteiger partial charge in [0, 0.05) is 18.6 Å². The van der Waals surface area contributed by atoms with E-state index in [0.717, 1.165) is 17.9 Å². The molecule has 2 nitrogen and oxygen atoms in total. The molecule has 17 heavy (non-hydrogen) atoms. The van der Waals surface area contributed by atoms with Gasteiger partial charge in [-0.15, -0.1) is 0 Å². The average molecular weight is 238 g/mol. The van der Waals surface area contributed by atoms with Crippen LogP contribution in [0.4, 0.5) is 0 Å². The van der Waals surface area contributed by atoms with Crippen molar-refractivity contribution >= 4 is 0 Å². The van der Waals surface area contributed by atoms with Gasteiger partial charge in [0.05, 0.1) is 0 Å². The van der Waals surface area contributed by atoms with Crippen LogP contribution in [0.3, 0.4) is 0 Å². The summed E-state index contributed by atoms with van der Waals surface area (Å²) >= 11 is 0. The lowest BCUT2D eigenvalue weighted by atomic mass is 9.83. The molecule has 1 N–H and O–H groups in total. The van der Waals surface area contributed by atoms with E-state index in [9.17, 15) is 0 Å². The third-order valence-corrected chi connectivity index (χ3v) is 4.83. The van der Waals surface area contributed by atoms with Crippen molar-refractivity contribution in [3.05, 3.63) is 0 Å². The molecule has 0 aliphatic heterocycles. The van der Waals surface area contributed by atoms with E-state index in [1.54, 1.807) is 0 Å². The highest BCUT2D eigenvalue weighted by molar-refractivity contribution is 4.86.